The van der Waals surface area contributed by atoms with Crippen LogP contribution in [0.4, 0.5) is 4.79 Å². The van der Waals surface area contributed by atoms with E-state index >= 15 is 0 Å². The summed E-state index contributed by atoms with van der Waals surface area (Å²) in [6, 6.07) is 0. The van der Waals surface area contributed by atoms with Gasteiger partial charge in [-0.3, -0.25) is 0 Å². The van der Waals surface area contributed by atoms with E-state index < -0.39 is 5.60 Å². The van der Waals surface area contributed by atoms with E-state index in [1.54, 1.807) is 0 Å². The molecule has 0 unspecified atom stereocenters. The molecule has 1 aromatic rings. The highest BCUT2D eigenvalue weighted by Gasteiger charge is 2.17. The molecule has 1 aliphatic rings. The second kappa shape index (κ2) is 7.65. The largest absolute Gasteiger partial charge is 0.444 e. The van der Waals surface area contributed by atoms with Gasteiger partial charge >= 0.3 is 6.09 Å². The van der Waals surface area contributed by atoms with E-state index in [0.717, 1.165) is 18.9 Å². The van der Waals surface area contributed by atoms with E-state index in [4.69, 9.17) is 4.74 Å². The van der Waals surface area contributed by atoms with Gasteiger partial charge in [-0.15, -0.1) is 0 Å². The number of carbonyl (C=O) groups excluding carboxylic acids is 1. The molecule has 5 heteroatoms. The number of rotatable bonds is 5. The number of nitrogens with zero attached hydrogens (tertiary/aromatic N) is 2. The van der Waals surface area contributed by atoms with Crippen LogP contribution in [0, 0.1) is 5.92 Å². The van der Waals surface area contributed by atoms with Crippen molar-refractivity contribution < 1.29 is 9.53 Å². The van der Waals surface area contributed by atoms with E-state index in [-0.39, 0.29) is 6.09 Å². The van der Waals surface area contributed by atoms with Gasteiger partial charge in [-0.2, -0.15) is 0 Å². The molecule has 2 rings (SSSR count). The smallest absolute Gasteiger partial charge is 0.407 e. The molecule has 1 heterocycles. The fourth-order valence-electron chi connectivity index (χ4n) is 2.98. The number of carbonyl (C=O) groups is 1. The van der Waals surface area contributed by atoms with Gasteiger partial charge in [0.2, 0.25) is 0 Å². The molecule has 0 saturated heterocycles. The summed E-state index contributed by atoms with van der Waals surface area (Å²) < 4.78 is 7.48. The number of amides is 1. The molecule has 1 amide bonds. The number of alkyl carbamates (subject to hydrolysis) is 1. The predicted molar refractivity (Wildman–Crippen MR) is 86.7 cm³/mol. The van der Waals surface area contributed by atoms with Gasteiger partial charge in [0.05, 0.1) is 6.33 Å². The van der Waals surface area contributed by atoms with Crippen LogP contribution < -0.4 is 5.32 Å². The van der Waals surface area contributed by atoms with Crippen LogP contribution in [0.2, 0.25) is 0 Å². The highest BCUT2D eigenvalue weighted by molar-refractivity contribution is 5.67. The minimum Gasteiger partial charge on any atom is -0.444 e. The summed E-state index contributed by atoms with van der Waals surface area (Å²) in [5.41, 5.74) is 0.731. The van der Waals surface area contributed by atoms with E-state index in [1.807, 2.05) is 33.3 Å². The molecule has 1 aliphatic carbocycles. The SMILES string of the molecule is CC(C)(C)OC(=O)NCCc1cncn1CC1CCCCC1. The first-order chi connectivity index (χ1) is 10.4. The lowest BCUT2D eigenvalue weighted by atomic mass is 9.89. The van der Waals surface area contributed by atoms with Crippen LogP contribution in [0.15, 0.2) is 12.5 Å². The molecule has 1 saturated carbocycles. The van der Waals surface area contributed by atoms with Gasteiger partial charge in [0.15, 0.2) is 0 Å². The maximum absolute atomic E-state index is 11.6. The summed E-state index contributed by atoms with van der Waals surface area (Å²) in [6.07, 6.45) is 11.0. The normalized spacial score (nSPS) is 16.5. The zero-order valence-electron chi connectivity index (χ0n) is 14.1. The summed E-state index contributed by atoms with van der Waals surface area (Å²) in [6.45, 7) is 7.23. The van der Waals surface area contributed by atoms with Crippen molar-refractivity contribution in [3.63, 3.8) is 0 Å². The third-order valence-electron chi connectivity index (χ3n) is 4.03. The Bertz CT molecular complexity index is 470. The Morgan fingerprint density at radius 2 is 2.09 bits per heavy atom. The Morgan fingerprint density at radius 1 is 1.36 bits per heavy atom. The number of aromatic nitrogens is 2. The van der Waals surface area contributed by atoms with Crippen molar-refractivity contribution in [2.75, 3.05) is 6.54 Å². The Kier molecular flexibility index (Phi) is 5.86. The van der Waals surface area contributed by atoms with Gasteiger partial charge in [-0.05, 0) is 39.5 Å². The summed E-state index contributed by atoms with van der Waals surface area (Å²) >= 11 is 0. The maximum Gasteiger partial charge on any atom is 0.407 e. The summed E-state index contributed by atoms with van der Waals surface area (Å²) in [7, 11) is 0. The van der Waals surface area contributed by atoms with Crippen molar-refractivity contribution in [1.29, 1.82) is 0 Å². The van der Waals surface area contributed by atoms with Gasteiger partial charge in [-0.1, -0.05) is 19.3 Å². The average molecular weight is 307 g/mol. The average Bonchev–Trinajstić information content (AvgIpc) is 2.85. The molecular formula is C17H29N3O2. The molecule has 0 atom stereocenters. The Morgan fingerprint density at radius 3 is 2.77 bits per heavy atom. The van der Waals surface area contributed by atoms with Crippen LogP contribution in [-0.2, 0) is 17.7 Å². The summed E-state index contributed by atoms with van der Waals surface area (Å²) in [5.74, 6) is 0.778. The van der Waals surface area contributed by atoms with Gasteiger partial charge in [0.1, 0.15) is 5.60 Å². The fourth-order valence-corrected chi connectivity index (χ4v) is 2.98. The molecule has 0 aliphatic heterocycles. The van der Waals surface area contributed by atoms with Crippen molar-refractivity contribution in [1.82, 2.24) is 14.9 Å². The number of nitrogens with one attached hydrogen (secondary N) is 1. The lowest BCUT2D eigenvalue weighted by molar-refractivity contribution is 0.0528. The van der Waals surface area contributed by atoms with Crippen LogP contribution >= 0.6 is 0 Å². The quantitative estimate of drug-likeness (QED) is 0.905. The van der Waals surface area contributed by atoms with Crippen LogP contribution in [0.1, 0.15) is 58.6 Å². The molecule has 124 valence electrons. The topological polar surface area (TPSA) is 56.1 Å². The molecule has 22 heavy (non-hydrogen) atoms. The third kappa shape index (κ3) is 5.70. The fraction of sp³-hybridized carbons (Fsp3) is 0.765. The zero-order chi connectivity index (χ0) is 16.0. The van der Waals surface area contributed by atoms with Crippen LogP contribution in [0.3, 0.4) is 0 Å². The highest BCUT2D eigenvalue weighted by Crippen LogP contribution is 2.25. The molecular weight excluding hydrogens is 278 g/mol. The van der Waals surface area contributed by atoms with Gasteiger partial charge in [-0.25, -0.2) is 9.78 Å². The number of hydrogen-bond donors (Lipinski definition) is 1. The molecule has 0 bridgehead atoms. The maximum atomic E-state index is 11.6. The molecule has 1 aromatic heterocycles. The lowest BCUT2D eigenvalue weighted by Crippen LogP contribution is -2.33. The zero-order valence-corrected chi connectivity index (χ0v) is 14.1. The molecule has 0 aromatic carbocycles. The molecule has 1 N–H and O–H groups in total. The minimum atomic E-state index is -0.452. The van der Waals surface area contributed by atoms with E-state index in [9.17, 15) is 4.79 Å². The molecule has 5 nitrogen and oxygen atoms in total. The van der Waals surface area contributed by atoms with E-state index in [0.29, 0.717) is 6.54 Å². The van der Waals surface area contributed by atoms with E-state index in [1.165, 1.54) is 37.8 Å². The van der Waals surface area contributed by atoms with Crippen molar-refractivity contribution in [3.05, 3.63) is 18.2 Å². The first-order valence-corrected chi connectivity index (χ1v) is 8.40. The number of hydrogen-bond acceptors (Lipinski definition) is 3. The van der Waals surface area contributed by atoms with Gasteiger partial charge < -0.3 is 14.6 Å². The monoisotopic (exact) mass is 307 g/mol. The molecule has 1 fully saturated rings. The second-order valence-corrected chi connectivity index (χ2v) is 7.22. The Labute approximate surface area is 133 Å². The molecule has 0 spiro atoms. The first kappa shape index (κ1) is 16.8. The first-order valence-electron chi connectivity index (χ1n) is 8.40. The van der Waals surface area contributed by atoms with Crippen LogP contribution in [0.5, 0.6) is 0 Å². The standard InChI is InChI=1S/C17H29N3O2/c1-17(2,3)22-16(21)19-10-9-15-11-18-13-20(15)12-14-7-5-4-6-8-14/h11,13-14H,4-10,12H2,1-3H3,(H,19,21). The number of imidazole rings is 1. The third-order valence-corrected chi connectivity index (χ3v) is 4.03. The minimum absolute atomic E-state index is 0.356. The van der Waals surface area contributed by atoms with E-state index in [2.05, 4.69) is 14.9 Å². The highest BCUT2D eigenvalue weighted by atomic mass is 16.6. The molecule has 0 radical (unpaired) electrons. The summed E-state index contributed by atoms with van der Waals surface area (Å²) in [4.78, 5) is 15.9. The second-order valence-electron chi connectivity index (χ2n) is 7.22. The van der Waals surface area contributed by atoms with Crippen molar-refractivity contribution >= 4 is 6.09 Å². The summed E-state index contributed by atoms with van der Waals surface area (Å²) in [5, 5.41) is 2.81. The number of ether oxygens (including phenoxy) is 1. The van der Waals surface area contributed by atoms with Crippen molar-refractivity contribution in [2.24, 2.45) is 5.92 Å². The lowest BCUT2D eigenvalue weighted by Gasteiger charge is -2.23. The Balaban J connectivity index is 1.76. The van der Waals surface area contributed by atoms with Crippen LogP contribution in [-0.4, -0.2) is 27.8 Å². The van der Waals surface area contributed by atoms with Crippen molar-refractivity contribution in [2.45, 2.75) is 71.4 Å². The Hall–Kier alpha value is -1.52. The van der Waals surface area contributed by atoms with Crippen molar-refractivity contribution in [3.8, 4) is 0 Å². The van der Waals surface area contributed by atoms with Crippen LogP contribution in [0.25, 0.3) is 0 Å². The van der Waals surface area contributed by atoms with Gasteiger partial charge in [0, 0.05) is 31.4 Å². The predicted octanol–water partition coefficient (Wildman–Crippen LogP) is 3.53. The van der Waals surface area contributed by atoms with Gasteiger partial charge in [0.25, 0.3) is 0 Å².